The molecule has 2 aromatic carbocycles. The lowest BCUT2D eigenvalue weighted by Gasteiger charge is -2.08. The van der Waals surface area contributed by atoms with E-state index < -0.39 is 0 Å². The van der Waals surface area contributed by atoms with Gasteiger partial charge in [0.25, 0.3) is 0 Å². The van der Waals surface area contributed by atoms with Crippen LogP contribution >= 0.6 is 0 Å². The van der Waals surface area contributed by atoms with E-state index in [9.17, 15) is 0 Å². The fourth-order valence-corrected chi connectivity index (χ4v) is 3.64. The molecule has 0 unspecified atom stereocenters. The molecule has 0 aliphatic rings. The number of hydrogen-bond acceptors (Lipinski definition) is 3. The monoisotopic (exact) mass is 338 g/mol. The van der Waals surface area contributed by atoms with Crippen molar-refractivity contribution < 1.29 is 4.42 Å². The van der Waals surface area contributed by atoms with Crippen LogP contribution in [0.4, 0.5) is 0 Å². The molecule has 3 heteroatoms. The van der Waals surface area contributed by atoms with E-state index in [4.69, 9.17) is 4.42 Å². The van der Waals surface area contributed by atoms with E-state index in [-0.39, 0.29) is 0 Å². The van der Waals surface area contributed by atoms with E-state index >= 15 is 0 Å². The predicted molar refractivity (Wildman–Crippen MR) is 106 cm³/mol. The summed E-state index contributed by atoms with van der Waals surface area (Å²) >= 11 is 0. The fourth-order valence-electron chi connectivity index (χ4n) is 3.64. The van der Waals surface area contributed by atoms with Crippen molar-refractivity contribution in [3.63, 3.8) is 0 Å². The highest BCUT2D eigenvalue weighted by Gasteiger charge is 2.18. The summed E-state index contributed by atoms with van der Waals surface area (Å²) in [4.78, 5) is 9.23. The summed E-state index contributed by atoms with van der Waals surface area (Å²) in [6.45, 7) is 6.30. The van der Waals surface area contributed by atoms with Crippen molar-refractivity contribution in [2.24, 2.45) is 0 Å². The molecular formula is C23H18N2O. The normalized spacial score (nSPS) is 11.7. The van der Waals surface area contributed by atoms with Crippen molar-refractivity contribution in [3.8, 4) is 11.3 Å². The zero-order valence-corrected chi connectivity index (χ0v) is 15.0. The summed E-state index contributed by atoms with van der Waals surface area (Å²) in [7, 11) is 0. The zero-order chi connectivity index (χ0) is 17.8. The molecule has 0 N–H and O–H groups in total. The van der Waals surface area contributed by atoms with Crippen molar-refractivity contribution >= 4 is 32.8 Å². The first kappa shape index (κ1) is 15.1. The summed E-state index contributed by atoms with van der Waals surface area (Å²) in [5.74, 6) is 0. The number of fused-ring (bicyclic) bond motifs is 5. The number of hydrogen-bond donors (Lipinski definition) is 0. The van der Waals surface area contributed by atoms with Crippen LogP contribution in [0, 0.1) is 20.8 Å². The van der Waals surface area contributed by atoms with Gasteiger partial charge in [-0.2, -0.15) is 0 Å². The zero-order valence-electron chi connectivity index (χ0n) is 15.0. The van der Waals surface area contributed by atoms with Gasteiger partial charge in [-0.25, -0.2) is 4.98 Å². The molecule has 126 valence electrons. The second-order valence-corrected chi connectivity index (χ2v) is 6.92. The van der Waals surface area contributed by atoms with Gasteiger partial charge in [-0.15, -0.1) is 0 Å². The highest BCUT2D eigenvalue weighted by molar-refractivity contribution is 6.19. The largest absolute Gasteiger partial charge is 0.437 e. The Kier molecular flexibility index (Phi) is 3.13. The van der Waals surface area contributed by atoms with Crippen molar-refractivity contribution in [1.82, 2.24) is 9.97 Å². The Bertz CT molecular complexity index is 1310. The number of rotatable bonds is 1. The van der Waals surface area contributed by atoms with Crippen LogP contribution in [0.3, 0.4) is 0 Å². The Morgan fingerprint density at radius 3 is 2.46 bits per heavy atom. The maximum absolute atomic E-state index is 6.25. The maximum Gasteiger partial charge on any atom is 0.227 e. The molecule has 5 rings (SSSR count). The molecule has 3 nitrogen and oxygen atoms in total. The third-order valence-electron chi connectivity index (χ3n) is 5.23. The minimum Gasteiger partial charge on any atom is -0.437 e. The Morgan fingerprint density at radius 2 is 1.62 bits per heavy atom. The summed E-state index contributed by atoms with van der Waals surface area (Å²) in [6, 6.07) is 14.7. The molecule has 0 saturated carbocycles. The quantitative estimate of drug-likeness (QED) is 0.369. The molecule has 0 bridgehead atoms. The Morgan fingerprint density at radius 1 is 0.769 bits per heavy atom. The molecule has 0 aliphatic heterocycles. The number of aromatic nitrogens is 2. The molecular weight excluding hydrogens is 320 g/mol. The lowest BCUT2D eigenvalue weighted by atomic mass is 9.98. The lowest BCUT2D eigenvalue weighted by Crippen LogP contribution is -1.91. The molecule has 0 fully saturated rings. The number of pyridine rings is 2. The van der Waals surface area contributed by atoms with E-state index in [0.717, 1.165) is 38.6 Å². The van der Waals surface area contributed by atoms with Gasteiger partial charge in [-0.05, 0) is 48.9 Å². The summed E-state index contributed by atoms with van der Waals surface area (Å²) in [6.07, 6.45) is 3.81. The van der Waals surface area contributed by atoms with E-state index in [2.05, 4.69) is 67.1 Å². The van der Waals surface area contributed by atoms with Gasteiger partial charge >= 0.3 is 0 Å². The van der Waals surface area contributed by atoms with E-state index in [0.29, 0.717) is 5.71 Å². The Labute approximate surface area is 151 Å². The van der Waals surface area contributed by atoms with Crippen LogP contribution in [0.25, 0.3) is 44.1 Å². The second kappa shape index (κ2) is 5.40. The number of furan rings is 1. The molecule has 0 amide bonds. The summed E-state index contributed by atoms with van der Waals surface area (Å²) < 4.78 is 6.25. The van der Waals surface area contributed by atoms with Gasteiger partial charge in [0.2, 0.25) is 5.71 Å². The highest BCUT2D eigenvalue weighted by atomic mass is 16.3. The maximum atomic E-state index is 6.25. The smallest absolute Gasteiger partial charge is 0.227 e. The third-order valence-corrected chi connectivity index (χ3v) is 5.23. The molecule has 3 heterocycles. The van der Waals surface area contributed by atoms with Crippen molar-refractivity contribution in [2.75, 3.05) is 0 Å². The van der Waals surface area contributed by atoms with Crippen LogP contribution in [0.15, 0.2) is 59.3 Å². The summed E-state index contributed by atoms with van der Waals surface area (Å²) in [5, 5.41) is 4.45. The Hall–Kier alpha value is -3.20. The van der Waals surface area contributed by atoms with Crippen molar-refractivity contribution in [1.29, 1.82) is 0 Å². The van der Waals surface area contributed by atoms with Gasteiger partial charge in [0.05, 0.1) is 11.1 Å². The molecule has 5 aromatic rings. The first-order valence-corrected chi connectivity index (χ1v) is 8.76. The van der Waals surface area contributed by atoms with E-state index in [1.807, 2.05) is 18.5 Å². The minimum absolute atomic E-state index is 0.675. The standard InChI is InChI=1S/C23H18N2O/c1-13-8-9-18-21-17-7-5-4-6-16(17)12-25-23(21)26-22(18)20(13)19-10-14(2)15(3)11-24-19/h4-12H,1-3H3. The van der Waals surface area contributed by atoms with Crippen molar-refractivity contribution in [2.45, 2.75) is 20.8 Å². The van der Waals surface area contributed by atoms with Crippen LogP contribution < -0.4 is 0 Å². The molecule has 0 atom stereocenters. The van der Waals surface area contributed by atoms with Gasteiger partial charge in [0.15, 0.2) is 0 Å². The van der Waals surface area contributed by atoms with Gasteiger partial charge in [-0.3, -0.25) is 4.98 Å². The number of nitrogens with zero attached hydrogens (tertiary/aromatic N) is 2. The lowest BCUT2D eigenvalue weighted by molar-refractivity contribution is 0.655. The van der Waals surface area contributed by atoms with Gasteiger partial charge in [-0.1, -0.05) is 36.4 Å². The highest BCUT2D eigenvalue weighted by Crippen LogP contribution is 2.39. The van der Waals surface area contributed by atoms with Gasteiger partial charge in [0, 0.05) is 28.7 Å². The molecule has 3 aromatic heterocycles. The van der Waals surface area contributed by atoms with Crippen LogP contribution in [-0.2, 0) is 0 Å². The molecule has 0 saturated heterocycles. The minimum atomic E-state index is 0.675. The molecule has 0 radical (unpaired) electrons. The van der Waals surface area contributed by atoms with E-state index in [1.54, 1.807) is 0 Å². The predicted octanol–water partition coefficient (Wildman–Crippen LogP) is 6.12. The second-order valence-electron chi connectivity index (χ2n) is 6.92. The van der Waals surface area contributed by atoms with Gasteiger partial charge < -0.3 is 4.42 Å². The molecule has 26 heavy (non-hydrogen) atoms. The topological polar surface area (TPSA) is 38.9 Å². The van der Waals surface area contributed by atoms with Crippen molar-refractivity contribution in [3.05, 3.63) is 71.5 Å². The first-order valence-electron chi connectivity index (χ1n) is 8.76. The van der Waals surface area contributed by atoms with Crippen LogP contribution in [0.2, 0.25) is 0 Å². The Balaban J connectivity index is 1.94. The van der Waals surface area contributed by atoms with Gasteiger partial charge in [0.1, 0.15) is 5.58 Å². The third kappa shape index (κ3) is 2.07. The van der Waals surface area contributed by atoms with Crippen LogP contribution in [0.1, 0.15) is 16.7 Å². The average molecular weight is 338 g/mol. The molecule has 0 spiro atoms. The average Bonchev–Trinajstić information content (AvgIpc) is 3.03. The van der Waals surface area contributed by atoms with E-state index in [1.165, 1.54) is 16.5 Å². The summed E-state index contributed by atoms with van der Waals surface area (Å²) in [5.41, 5.74) is 7.10. The SMILES string of the molecule is Cc1cnc(-c2c(C)ccc3c2oc2ncc4ccccc4c23)cc1C. The number of aryl methyl sites for hydroxylation is 3. The number of benzene rings is 2. The van der Waals surface area contributed by atoms with Crippen LogP contribution in [0.5, 0.6) is 0 Å². The first-order chi connectivity index (χ1) is 12.6. The van der Waals surface area contributed by atoms with Crippen LogP contribution in [-0.4, -0.2) is 9.97 Å². The molecule has 0 aliphatic carbocycles. The fraction of sp³-hybridized carbons (Fsp3) is 0.130.